The first-order chi connectivity index (χ1) is 9.33. The third kappa shape index (κ3) is 3.56. The molecular weight excluding hydrogens is 236 g/mol. The smallest absolute Gasteiger partial charge is 0.0635 e. The molecule has 0 amide bonds. The van der Waals surface area contributed by atoms with Gasteiger partial charge in [-0.2, -0.15) is 0 Å². The molecule has 2 aliphatic rings. The van der Waals surface area contributed by atoms with Crippen LogP contribution in [0.4, 0.5) is 0 Å². The molecule has 1 heterocycles. The molecule has 0 radical (unpaired) electrons. The number of benzene rings is 1. The lowest BCUT2D eigenvalue weighted by Crippen LogP contribution is -2.50. The maximum atomic E-state index is 5.65. The summed E-state index contributed by atoms with van der Waals surface area (Å²) in [5.41, 5.74) is 2.84. The minimum absolute atomic E-state index is 0.522. The van der Waals surface area contributed by atoms with E-state index in [1.807, 2.05) is 0 Å². The molecule has 19 heavy (non-hydrogen) atoms. The lowest BCUT2D eigenvalue weighted by Gasteiger charge is -2.36. The quantitative estimate of drug-likeness (QED) is 0.876. The van der Waals surface area contributed by atoms with Crippen molar-refractivity contribution in [2.45, 2.75) is 38.4 Å². The van der Waals surface area contributed by atoms with E-state index >= 15 is 0 Å². The summed E-state index contributed by atoms with van der Waals surface area (Å²) < 4.78 is 5.65. The van der Waals surface area contributed by atoms with Gasteiger partial charge in [-0.1, -0.05) is 24.3 Å². The molecule has 1 aromatic carbocycles. The summed E-state index contributed by atoms with van der Waals surface area (Å²) in [5, 5.41) is 3.64. The average molecular weight is 260 g/mol. The van der Waals surface area contributed by atoms with Crippen molar-refractivity contribution in [3.63, 3.8) is 0 Å². The normalized spacial score (nSPS) is 24.6. The Labute approximate surface area is 115 Å². The van der Waals surface area contributed by atoms with Crippen molar-refractivity contribution >= 4 is 0 Å². The molecule has 0 spiro atoms. The molecule has 3 heteroatoms. The molecule has 1 aromatic rings. The van der Waals surface area contributed by atoms with Gasteiger partial charge in [-0.25, -0.2) is 0 Å². The fraction of sp³-hybridized carbons (Fsp3) is 0.625. The van der Waals surface area contributed by atoms with Gasteiger partial charge in [0, 0.05) is 31.7 Å². The maximum Gasteiger partial charge on any atom is 0.0635 e. The van der Waals surface area contributed by atoms with Crippen molar-refractivity contribution in [3.8, 4) is 0 Å². The van der Waals surface area contributed by atoms with Gasteiger partial charge in [-0.05, 0) is 30.9 Å². The fourth-order valence-electron chi connectivity index (χ4n) is 2.68. The van der Waals surface area contributed by atoms with E-state index < -0.39 is 0 Å². The first-order valence-corrected chi connectivity index (χ1v) is 7.42. The van der Waals surface area contributed by atoms with Gasteiger partial charge in [0.1, 0.15) is 0 Å². The van der Waals surface area contributed by atoms with E-state index in [0.29, 0.717) is 6.04 Å². The zero-order valence-corrected chi connectivity index (χ0v) is 11.8. The van der Waals surface area contributed by atoms with Gasteiger partial charge < -0.3 is 10.1 Å². The highest BCUT2D eigenvalue weighted by atomic mass is 16.5. The van der Waals surface area contributed by atoms with Crippen LogP contribution in [0.2, 0.25) is 0 Å². The van der Waals surface area contributed by atoms with Crippen LogP contribution in [0.15, 0.2) is 24.3 Å². The van der Waals surface area contributed by atoms with Crippen molar-refractivity contribution in [3.05, 3.63) is 35.4 Å². The Bertz CT molecular complexity index is 417. The van der Waals surface area contributed by atoms with Gasteiger partial charge in [-0.3, -0.25) is 4.90 Å². The standard InChI is InChI=1S/C16H24N2O/c1-13-4-2-3-5-14(13)11-18-8-9-19-12-16(18)10-17-15-6-7-15/h2-5,15-17H,6-12H2,1H3. The highest BCUT2D eigenvalue weighted by Crippen LogP contribution is 2.20. The van der Waals surface area contributed by atoms with Crippen molar-refractivity contribution in [2.24, 2.45) is 0 Å². The van der Waals surface area contributed by atoms with Crippen molar-refractivity contribution in [1.82, 2.24) is 10.2 Å². The molecule has 3 nitrogen and oxygen atoms in total. The van der Waals surface area contributed by atoms with E-state index in [-0.39, 0.29) is 0 Å². The lowest BCUT2D eigenvalue weighted by molar-refractivity contribution is -0.0111. The summed E-state index contributed by atoms with van der Waals surface area (Å²) in [5.74, 6) is 0. The Morgan fingerprint density at radius 1 is 1.32 bits per heavy atom. The predicted octanol–water partition coefficient (Wildman–Crippen LogP) is 1.95. The van der Waals surface area contributed by atoms with Crippen LogP contribution in [0, 0.1) is 6.92 Å². The molecule has 1 aliphatic heterocycles. The Balaban J connectivity index is 1.60. The number of hydrogen-bond acceptors (Lipinski definition) is 3. The largest absolute Gasteiger partial charge is 0.378 e. The first-order valence-electron chi connectivity index (χ1n) is 7.42. The fourth-order valence-corrected chi connectivity index (χ4v) is 2.68. The second-order valence-corrected chi connectivity index (χ2v) is 5.81. The third-order valence-corrected chi connectivity index (χ3v) is 4.20. The summed E-state index contributed by atoms with van der Waals surface area (Å²) in [4.78, 5) is 2.57. The molecule has 1 saturated carbocycles. The number of aryl methyl sites for hydroxylation is 1. The Morgan fingerprint density at radius 2 is 2.16 bits per heavy atom. The van der Waals surface area contributed by atoms with Crippen LogP contribution < -0.4 is 5.32 Å². The molecular formula is C16H24N2O. The third-order valence-electron chi connectivity index (χ3n) is 4.20. The average Bonchev–Trinajstić information content (AvgIpc) is 3.24. The van der Waals surface area contributed by atoms with Crippen molar-refractivity contribution in [1.29, 1.82) is 0 Å². The minimum atomic E-state index is 0.522. The monoisotopic (exact) mass is 260 g/mol. The van der Waals surface area contributed by atoms with Gasteiger partial charge in [0.2, 0.25) is 0 Å². The lowest BCUT2D eigenvalue weighted by atomic mass is 10.1. The van der Waals surface area contributed by atoms with E-state index in [4.69, 9.17) is 4.74 Å². The molecule has 1 N–H and O–H groups in total. The SMILES string of the molecule is Cc1ccccc1CN1CCOCC1CNC1CC1. The van der Waals surface area contributed by atoms with E-state index in [1.165, 1.54) is 24.0 Å². The number of hydrogen-bond donors (Lipinski definition) is 1. The van der Waals surface area contributed by atoms with Gasteiger partial charge >= 0.3 is 0 Å². The van der Waals surface area contributed by atoms with E-state index in [9.17, 15) is 0 Å². The Kier molecular flexibility index (Phi) is 4.16. The molecule has 1 atom stereocenters. The highest BCUT2D eigenvalue weighted by molar-refractivity contribution is 5.25. The topological polar surface area (TPSA) is 24.5 Å². The molecule has 1 aliphatic carbocycles. The van der Waals surface area contributed by atoms with Crippen molar-refractivity contribution < 1.29 is 4.74 Å². The van der Waals surface area contributed by atoms with Crippen LogP contribution in [0.5, 0.6) is 0 Å². The molecule has 3 rings (SSSR count). The van der Waals surface area contributed by atoms with Crippen LogP contribution >= 0.6 is 0 Å². The summed E-state index contributed by atoms with van der Waals surface area (Å²) in [7, 11) is 0. The summed E-state index contributed by atoms with van der Waals surface area (Å²) >= 11 is 0. The molecule has 0 aromatic heterocycles. The van der Waals surface area contributed by atoms with E-state index in [0.717, 1.165) is 38.9 Å². The first kappa shape index (κ1) is 13.1. The van der Waals surface area contributed by atoms with Crippen LogP contribution in [-0.2, 0) is 11.3 Å². The molecule has 2 fully saturated rings. The van der Waals surface area contributed by atoms with Crippen molar-refractivity contribution in [2.75, 3.05) is 26.3 Å². The zero-order chi connectivity index (χ0) is 13.1. The Hall–Kier alpha value is -0.900. The maximum absolute atomic E-state index is 5.65. The highest BCUT2D eigenvalue weighted by Gasteiger charge is 2.26. The van der Waals surface area contributed by atoms with Crippen LogP contribution in [0.1, 0.15) is 24.0 Å². The number of rotatable bonds is 5. The van der Waals surface area contributed by atoms with Crippen LogP contribution in [0.3, 0.4) is 0 Å². The molecule has 0 bridgehead atoms. The zero-order valence-electron chi connectivity index (χ0n) is 11.8. The minimum Gasteiger partial charge on any atom is -0.378 e. The van der Waals surface area contributed by atoms with Gasteiger partial charge in [0.05, 0.1) is 13.2 Å². The number of nitrogens with one attached hydrogen (secondary N) is 1. The van der Waals surface area contributed by atoms with Gasteiger partial charge in [0.25, 0.3) is 0 Å². The summed E-state index contributed by atoms with van der Waals surface area (Å²) in [6.45, 7) is 7.10. The van der Waals surface area contributed by atoms with Crippen LogP contribution in [0.25, 0.3) is 0 Å². The predicted molar refractivity (Wildman–Crippen MR) is 77.2 cm³/mol. The van der Waals surface area contributed by atoms with Gasteiger partial charge in [0.15, 0.2) is 0 Å². The number of morpholine rings is 1. The summed E-state index contributed by atoms with van der Waals surface area (Å²) in [6, 6.07) is 10.0. The second kappa shape index (κ2) is 6.04. The van der Waals surface area contributed by atoms with E-state index in [2.05, 4.69) is 41.4 Å². The second-order valence-electron chi connectivity index (χ2n) is 5.81. The molecule has 1 unspecified atom stereocenters. The number of ether oxygens (including phenoxy) is 1. The molecule has 104 valence electrons. The molecule has 1 saturated heterocycles. The van der Waals surface area contributed by atoms with Gasteiger partial charge in [-0.15, -0.1) is 0 Å². The Morgan fingerprint density at radius 3 is 2.95 bits per heavy atom. The van der Waals surface area contributed by atoms with Crippen LogP contribution in [-0.4, -0.2) is 43.3 Å². The number of nitrogens with zero attached hydrogens (tertiary/aromatic N) is 1. The van der Waals surface area contributed by atoms with E-state index in [1.54, 1.807) is 0 Å². The summed E-state index contributed by atoms with van der Waals surface area (Å²) in [6.07, 6.45) is 2.71.